The number of anilines is 1. The second-order valence-corrected chi connectivity index (χ2v) is 6.45. The predicted octanol–water partition coefficient (Wildman–Crippen LogP) is 4.12. The molecule has 0 amide bonds. The van der Waals surface area contributed by atoms with Gasteiger partial charge in [0.05, 0.1) is 6.04 Å². The fraction of sp³-hybridized carbons (Fsp3) is 0.316. The topological polar surface area (TPSA) is 42.5 Å². The molecule has 24 heavy (non-hydrogen) atoms. The summed E-state index contributed by atoms with van der Waals surface area (Å²) in [5.41, 5.74) is 4.63. The normalized spacial score (nSPS) is 14.0. The van der Waals surface area contributed by atoms with Crippen LogP contribution in [0.2, 0.25) is 0 Å². The molecule has 0 radical (unpaired) electrons. The van der Waals surface area contributed by atoms with Crippen LogP contribution in [-0.4, -0.2) is 18.3 Å². The Balaban J connectivity index is 1.66. The average Bonchev–Trinajstić information content (AvgIpc) is 2.56. The van der Waals surface area contributed by atoms with Crippen LogP contribution in [0.15, 0.2) is 36.4 Å². The number of benzene rings is 2. The van der Waals surface area contributed by atoms with Crippen LogP contribution in [0.5, 0.6) is 11.5 Å². The zero-order chi connectivity index (χ0) is 17.1. The molecule has 0 aliphatic carbocycles. The standard InChI is InChI=1S/C19H22N2O2S/c1-12-4-5-13(2)16(10-12)14(3)20-19(24)21-15-6-7-17-18(11-15)23-9-8-22-17/h4-7,10-11,14H,8-9H2,1-3H3,(H2,20,21,24)/t14-/m0/s1. The smallest absolute Gasteiger partial charge is 0.171 e. The summed E-state index contributed by atoms with van der Waals surface area (Å²) in [6.07, 6.45) is 0. The van der Waals surface area contributed by atoms with Crippen LogP contribution in [0.1, 0.15) is 29.7 Å². The molecular weight excluding hydrogens is 320 g/mol. The molecule has 1 aliphatic heterocycles. The van der Waals surface area contributed by atoms with E-state index >= 15 is 0 Å². The van der Waals surface area contributed by atoms with Gasteiger partial charge in [0.15, 0.2) is 16.6 Å². The van der Waals surface area contributed by atoms with E-state index in [-0.39, 0.29) is 6.04 Å². The first-order valence-electron chi connectivity index (χ1n) is 8.07. The average molecular weight is 342 g/mol. The summed E-state index contributed by atoms with van der Waals surface area (Å²) in [5, 5.41) is 7.14. The Labute approximate surface area is 148 Å². The molecule has 0 bridgehead atoms. The molecule has 0 aromatic heterocycles. The van der Waals surface area contributed by atoms with E-state index in [1.165, 1.54) is 16.7 Å². The van der Waals surface area contributed by atoms with Gasteiger partial charge in [-0.15, -0.1) is 0 Å². The Morgan fingerprint density at radius 1 is 1.04 bits per heavy atom. The summed E-state index contributed by atoms with van der Waals surface area (Å²) in [5.74, 6) is 1.52. The van der Waals surface area contributed by atoms with E-state index in [1.807, 2.05) is 18.2 Å². The first-order valence-corrected chi connectivity index (χ1v) is 8.48. The van der Waals surface area contributed by atoms with Gasteiger partial charge in [0, 0.05) is 11.8 Å². The lowest BCUT2D eigenvalue weighted by Gasteiger charge is -2.21. The number of hydrogen-bond acceptors (Lipinski definition) is 3. The fourth-order valence-electron chi connectivity index (χ4n) is 2.79. The maximum absolute atomic E-state index is 5.60. The van der Waals surface area contributed by atoms with Gasteiger partial charge in [-0.25, -0.2) is 0 Å². The molecule has 3 rings (SSSR count). The van der Waals surface area contributed by atoms with Crippen LogP contribution in [-0.2, 0) is 0 Å². The van der Waals surface area contributed by atoms with Crippen molar-refractivity contribution in [3.63, 3.8) is 0 Å². The molecular formula is C19H22N2O2S. The highest BCUT2D eigenvalue weighted by Crippen LogP contribution is 2.32. The molecule has 1 atom stereocenters. The molecule has 0 saturated carbocycles. The highest BCUT2D eigenvalue weighted by Gasteiger charge is 2.13. The van der Waals surface area contributed by atoms with Gasteiger partial charge in [0.1, 0.15) is 13.2 Å². The van der Waals surface area contributed by atoms with Crippen LogP contribution in [0.3, 0.4) is 0 Å². The quantitative estimate of drug-likeness (QED) is 0.821. The minimum Gasteiger partial charge on any atom is -0.486 e. The SMILES string of the molecule is Cc1ccc(C)c([C@H](C)NC(=S)Nc2ccc3c(c2)OCCO3)c1. The summed E-state index contributed by atoms with van der Waals surface area (Å²) in [4.78, 5) is 0. The Bertz CT molecular complexity index is 761. The van der Waals surface area contributed by atoms with E-state index in [9.17, 15) is 0 Å². The Hall–Kier alpha value is -2.27. The fourth-order valence-corrected chi connectivity index (χ4v) is 3.08. The molecule has 0 fully saturated rings. The molecule has 2 N–H and O–H groups in total. The lowest BCUT2D eigenvalue weighted by molar-refractivity contribution is 0.171. The third-order valence-corrected chi connectivity index (χ3v) is 4.27. The molecule has 2 aromatic carbocycles. The van der Waals surface area contributed by atoms with Crippen molar-refractivity contribution in [2.75, 3.05) is 18.5 Å². The highest BCUT2D eigenvalue weighted by molar-refractivity contribution is 7.80. The van der Waals surface area contributed by atoms with Crippen molar-refractivity contribution in [2.24, 2.45) is 0 Å². The molecule has 0 saturated heterocycles. The maximum atomic E-state index is 5.60. The van der Waals surface area contributed by atoms with E-state index in [2.05, 4.69) is 49.6 Å². The highest BCUT2D eigenvalue weighted by atomic mass is 32.1. The Morgan fingerprint density at radius 2 is 1.79 bits per heavy atom. The zero-order valence-electron chi connectivity index (χ0n) is 14.2. The van der Waals surface area contributed by atoms with Gasteiger partial charge in [-0.05, 0) is 56.2 Å². The molecule has 5 heteroatoms. The van der Waals surface area contributed by atoms with Crippen LogP contribution in [0.4, 0.5) is 5.69 Å². The number of fused-ring (bicyclic) bond motifs is 1. The second kappa shape index (κ2) is 7.09. The second-order valence-electron chi connectivity index (χ2n) is 6.04. The first kappa shape index (κ1) is 16.6. The monoisotopic (exact) mass is 342 g/mol. The predicted molar refractivity (Wildman–Crippen MR) is 101 cm³/mol. The Morgan fingerprint density at radius 3 is 2.58 bits per heavy atom. The largest absolute Gasteiger partial charge is 0.486 e. The van der Waals surface area contributed by atoms with Crippen molar-refractivity contribution >= 4 is 23.0 Å². The van der Waals surface area contributed by atoms with Gasteiger partial charge in [-0.1, -0.05) is 23.8 Å². The molecule has 126 valence electrons. The molecule has 0 unspecified atom stereocenters. The minimum absolute atomic E-state index is 0.127. The van der Waals surface area contributed by atoms with Crippen molar-refractivity contribution < 1.29 is 9.47 Å². The number of rotatable bonds is 3. The van der Waals surface area contributed by atoms with E-state index < -0.39 is 0 Å². The zero-order valence-corrected chi connectivity index (χ0v) is 15.0. The maximum Gasteiger partial charge on any atom is 0.171 e. The number of hydrogen-bond donors (Lipinski definition) is 2. The van der Waals surface area contributed by atoms with Crippen LogP contribution in [0.25, 0.3) is 0 Å². The molecule has 4 nitrogen and oxygen atoms in total. The van der Waals surface area contributed by atoms with E-state index in [0.717, 1.165) is 17.2 Å². The summed E-state index contributed by atoms with van der Waals surface area (Å²) >= 11 is 5.45. The summed E-state index contributed by atoms with van der Waals surface area (Å²) in [7, 11) is 0. The molecule has 2 aromatic rings. The number of ether oxygens (including phenoxy) is 2. The van der Waals surface area contributed by atoms with Gasteiger partial charge in [-0.2, -0.15) is 0 Å². The lowest BCUT2D eigenvalue weighted by Crippen LogP contribution is -2.31. The third kappa shape index (κ3) is 3.79. The van der Waals surface area contributed by atoms with Crippen molar-refractivity contribution in [2.45, 2.75) is 26.8 Å². The van der Waals surface area contributed by atoms with Gasteiger partial charge in [-0.3, -0.25) is 0 Å². The van der Waals surface area contributed by atoms with Gasteiger partial charge < -0.3 is 20.1 Å². The van der Waals surface area contributed by atoms with Crippen LogP contribution < -0.4 is 20.1 Å². The van der Waals surface area contributed by atoms with E-state index in [1.54, 1.807) is 0 Å². The Kier molecular flexibility index (Phi) is 4.90. The molecule has 1 aliphatic rings. The van der Waals surface area contributed by atoms with Crippen molar-refractivity contribution in [3.05, 3.63) is 53.1 Å². The summed E-state index contributed by atoms with van der Waals surface area (Å²) < 4.78 is 11.1. The molecule has 0 spiro atoms. The number of thiocarbonyl (C=S) groups is 1. The van der Waals surface area contributed by atoms with Crippen LogP contribution >= 0.6 is 12.2 Å². The van der Waals surface area contributed by atoms with Gasteiger partial charge in [0.2, 0.25) is 0 Å². The van der Waals surface area contributed by atoms with Crippen LogP contribution in [0, 0.1) is 13.8 Å². The first-order chi connectivity index (χ1) is 11.5. The minimum atomic E-state index is 0.127. The summed E-state index contributed by atoms with van der Waals surface area (Å²) in [6.45, 7) is 7.49. The van der Waals surface area contributed by atoms with E-state index in [4.69, 9.17) is 21.7 Å². The van der Waals surface area contributed by atoms with Crippen molar-refractivity contribution in [3.8, 4) is 11.5 Å². The van der Waals surface area contributed by atoms with Gasteiger partial charge >= 0.3 is 0 Å². The number of aryl methyl sites for hydroxylation is 2. The van der Waals surface area contributed by atoms with Gasteiger partial charge in [0.25, 0.3) is 0 Å². The summed E-state index contributed by atoms with van der Waals surface area (Å²) in [6, 6.07) is 12.3. The lowest BCUT2D eigenvalue weighted by atomic mass is 10.0. The third-order valence-electron chi connectivity index (χ3n) is 4.05. The van der Waals surface area contributed by atoms with E-state index in [0.29, 0.717) is 18.3 Å². The number of nitrogens with one attached hydrogen (secondary N) is 2. The van der Waals surface area contributed by atoms with Crippen molar-refractivity contribution in [1.29, 1.82) is 0 Å². The van der Waals surface area contributed by atoms with Crippen molar-refractivity contribution in [1.82, 2.24) is 5.32 Å². The molecule has 1 heterocycles.